The van der Waals surface area contributed by atoms with Crippen LogP contribution in [0.25, 0.3) is 0 Å². The monoisotopic (exact) mass is 385 g/mol. The Morgan fingerprint density at radius 3 is 2.46 bits per heavy atom. The van der Waals surface area contributed by atoms with Crippen molar-refractivity contribution in [1.82, 2.24) is 15.1 Å². The number of amides is 2. The quantitative estimate of drug-likeness (QED) is 0.797. The molecule has 1 N–H and O–H groups in total. The van der Waals surface area contributed by atoms with Crippen molar-refractivity contribution in [3.63, 3.8) is 0 Å². The predicted molar refractivity (Wildman–Crippen MR) is 108 cm³/mol. The molecule has 0 spiro atoms. The van der Waals surface area contributed by atoms with Gasteiger partial charge in [0.25, 0.3) is 0 Å². The van der Waals surface area contributed by atoms with Gasteiger partial charge in [-0.1, -0.05) is 30.3 Å². The molecule has 0 atom stereocenters. The molecule has 1 aliphatic heterocycles. The minimum atomic E-state index is -0.239. The number of carbonyl (C=O) groups excluding carboxylic acids is 1. The standard InChI is InChI=1S/C22H28FN3O2/c1-28-21-5-3-2-4-19(21)11-13-25-14-16-26(17-15-25)22(27)24-12-10-18-6-8-20(23)9-7-18/h2-9H,10-17H2,1H3,(H,24,27). The van der Waals surface area contributed by atoms with Crippen LogP contribution in [0, 0.1) is 5.82 Å². The molecule has 0 radical (unpaired) electrons. The highest BCUT2D eigenvalue weighted by molar-refractivity contribution is 5.74. The molecule has 2 aromatic rings. The first-order valence-electron chi connectivity index (χ1n) is 9.77. The molecule has 1 aliphatic rings. The fraction of sp³-hybridized carbons (Fsp3) is 0.409. The van der Waals surface area contributed by atoms with Crippen molar-refractivity contribution >= 4 is 6.03 Å². The van der Waals surface area contributed by atoms with Gasteiger partial charge in [-0.3, -0.25) is 4.90 Å². The lowest BCUT2D eigenvalue weighted by atomic mass is 10.1. The maximum absolute atomic E-state index is 12.9. The Hall–Kier alpha value is -2.60. The van der Waals surface area contributed by atoms with Crippen LogP contribution in [0.3, 0.4) is 0 Å². The van der Waals surface area contributed by atoms with Crippen molar-refractivity contribution in [2.45, 2.75) is 12.8 Å². The minimum absolute atomic E-state index is 0.0218. The largest absolute Gasteiger partial charge is 0.496 e. The average Bonchev–Trinajstić information content (AvgIpc) is 2.74. The molecule has 2 aromatic carbocycles. The van der Waals surface area contributed by atoms with Crippen LogP contribution >= 0.6 is 0 Å². The van der Waals surface area contributed by atoms with Crippen molar-refractivity contribution in [2.24, 2.45) is 0 Å². The third-order valence-electron chi connectivity index (χ3n) is 5.15. The van der Waals surface area contributed by atoms with Crippen LogP contribution in [0.1, 0.15) is 11.1 Å². The van der Waals surface area contributed by atoms with E-state index in [1.165, 1.54) is 17.7 Å². The van der Waals surface area contributed by atoms with Crippen LogP contribution in [0.4, 0.5) is 9.18 Å². The number of ether oxygens (including phenoxy) is 1. The van der Waals surface area contributed by atoms with E-state index in [1.807, 2.05) is 23.1 Å². The fourth-order valence-electron chi connectivity index (χ4n) is 3.44. The number of halogens is 1. The van der Waals surface area contributed by atoms with E-state index >= 15 is 0 Å². The summed E-state index contributed by atoms with van der Waals surface area (Å²) in [5.74, 6) is 0.693. The Balaban J connectivity index is 1.36. The Morgan fingerprint density at radius 2 is 1.75 bits per heavy atom. The molecule has 28 heavy (non-hydrogen) atoms. The molecule has 3 rings (SSSR count). The first-order valence-corrected chi connectivity index (χ1v) is 9.77. The van der Waals surface area contributed by atoms with Gasteiger partial charge in [0.05, 0.1) is 7.11 Å². The number of rotatable bonds is 7. The van der Waals surface area contributed by atoms with Crippen LogP contribution in [-0.4, -0.2) is 62.2 Å². The Morgan fingerprint density at radius 1 is 1.04 bits per heavy atom. The number of hydrogen-bond acceptors (Lipinski definition) is 3. The third-order valence-corrected chi connectivity index (χ3v) is 5.15. The number of hydrogen-bond donors (Lipinski definition) is 1. The van der Waals surface area contributed by atoms with Gasteiger partial charge >= 0.3 is 6.03 Å². The van der Waals surface area contributed by atoms with Gasteiger partial charge in [-0.25, -0.2) is 9.18 Å². The van der Waals surface area contributed by atoms with E-state index in [1.54, 1.807) is 19.2 Å². The van der Waals surface area contributed by atoms with Gasteiger partial charge in [-0.05, 0) is 42.2 Å². The highest BCUT2D eigenvalue weighted by atomic mass is 19.1. The van der Waals surface area contributed by atoms with E-state index in [-0.39, 0.29) is 11.8 Å². The van der Waals surface area contributed by atoms with Crippen LogP contribution in [0.15, 0.2) is 48.5 Å². The summed E-state index contributed by atoms with van der Waals surface area (Å²) in [7, 11) is 1.70. The lowest BCUT2D eigenvalue weighted by Gasteiger charge is -2.34. The fourth-order valence-corrected chi connectivity index (χ4v) is 3.44. The van der Waals surface area contributed by atoms with Crippen LogP contribution < -0.4 is 10.1 Å². The second-order valence-corrected chi connectivity index (χ2v) is 7.00. The van der Waals surface area contributed by atoms with E-state index in [0.29, 0.717) is 13.0 Å². The van der Waals surface area contributed by atoms with Gasteiger partial charge in [0.2, 0.25) is 0 Å². The maximum atomic E-state index is 12.9. The molecular weight excluding hydrogens is 357 g/mol. The summed E-state index contributed by atoms with van der Waals surface area (Å²) in [6.07, 6.45) is 1.64. The van der Waals surface area contributed by atoms with Gasteiger partial charge in [0.1, 0.15) is 11.6 Å². The number of methoxy groups -OCH3 is 1. The van der Waals surface area contributed by atoms with Crippen LogP contribution in [-0.2, 0) is 12.8 Å². The number of nitrogens with one attached hydrogen (secondary N) is 1. The number of para-hydroxylation sites is 1. The molecule has 1 saturated heterocycles. The van der Waals surface area contributed by atoms with Gasteiger partial charge in [0.15, 0.2) is 0 Å². The molecule has 0 saturated carbocycles. The van der Waals surface area contributed by atoms with E-state index in [9.17, 15) is 9.18 Å². The molecule has 5 nitrogen and oxygen atoms in total. The molecule has 0 bridgehead atoms. The summed E-state index contributed by atoms with van der Waals surface area (Å²) >= 11 is 0. The molecule has 0 aliphatic carbocycles. The zero-order valence-corrected chi connectivity index (χ0v) is 16.4. The Bertz CT molecular complexity index is 759. The zero-order valence-electron chi connectivity index (χ0n) is 16.4. The third kappa shape index (κ3) is 5.70. The number of carbonyl (C=O) groups is 1. The highest BCUT2D eigenvalue weighted by Gasteiger charge is 2.20. The van der Waals surface area contributed by atoms with Crippen molar-refractivity contribution in [1.29, 1.82) is 0 Å². The number of nitrogens with zero attached hydrogens (tertiary/aromatic N) is 2. The average molecular weight is 385 g/mol. The predicted octanol–water partition coefficient (Wildman–Crippen LogP) is 2.95. The van der Waals surface area contributed by atoms with Crippen molar-refractivity contribution in [3.05, 3.63) is 65.5 Å². The topological polar surface area (TPSA) is 44.8 Å². The Kier molecular flexibility index (Phi) is 7.25. The van der Waals surface area contributed by atoms with Crippen molar-refractivity contribution in [2.75, 3.05) is 46.4 Å². The van der Waals surface area contributed by atoms with E-state index < -0.39 is 0 Å². The molecular formula is C22H28FN3O2. The first-order chi connectivity index (χ1) is 13.7. The van der Waals surface area contributed by atoms with Crippen LogP contribution in [0.5, 0.6) is 5.75 Å². The number of piperazine rings is 1. The van der Waals surface area contributed by atoms with Crippen molar-refractivity contribution in [3.8, 4) is 5.75 Å². The lowest BCUT2D eigenvalue weighted by molar-refractivity contribution is 0.140. The lowest BCUT2D eigenvalue weighted by Crippen LogP contribution is -2.52. The van der Waals surface area contributed by atoms with E-state index in [0.717, 1.165) is 50.5 Å². The normalized spacial score (nSPS) is 14.7. The van der Waals surface area contributed by atoms with Crippen LogP contribution in [0.2, 0.25) is 0 Å². The maximum Gasteiger partial charge on any atom is 0.317 e. The molecule has 0 aromatic heterocycles. The molecule has 6 heteroatoms. The smallest absolute Gasteiger partial charge is 0.317 e. The SMILES string of the molecule is COc1ccccc1CCN1CCN(C(=O)NCCc2ccc(F)cc2)CC1. The second kappa shape index (κ2) is 10.1. The van der Waals surface area contributed by atoms with Gasteiger partial charge in [0, 0.05) is 39.3 Å². The first kappa shape index (κ1) is 20.1. The summed E-state index contributed by atoms with van der Waals surface area (Å²) in [5, 5.41) is 2.96. The summed E-state index contributed by atoms with van der Waals surface area (Å²) in [4.78, 5) is 16.6. The summed E-state index contributed by atoms with van der Waals surface area (Å²) < 4.78 is 18.3. The highest BCUT2D eigenvalue weighted by Crippen LogP contribution is 2.18. The Labute approximate surface area is 166 Å². The minimum Gasteiger partial charge on any atom is -0.496 e. The second-order valence-electron chi connectivity index (χ2n) is 7.00. The van der Waals surface area contributed by atoms with E-state index in [4.69, 9.17) is 4.74 Å². The van der Waals surface area contributed by atoms with Gasteiger partial charge < -0.3 is 15.0 Å². The summed E-state index contributed by atoms with van der Waals surface area (Å²) in [5.41, 5.74) is 2.23. The van der Waals surface area contributed by atoms with Crippen molar-refractivity contribution < 1.29 is 13.9 Å². The zero-order chi connectivity index (χ0) is 19.8. The molecule has 0 unspecified atom stereocenters. The van der Waals surface area contributed by atoms with E-state index in [2.05, 4.69) is 16.3 Å². The molecule has 150 valence electrons. The molecule has 2 amide bonds. The summed E-state index contributed by atoms with van der Waals surface area (Å²) in [6, 6.07) is 14.5. The number of benzene rings is 2. The molecule has 1 heterocycles. The van der Waals surface area contributed by atoms with Gasteiger partial charge in [-0.15, -0.1) is 0 Å². The van der Waals surface area contributed by atoms with Gasteiger partial charge in [-0.2, -0.15) is 0 Å². The molecule has 1 fully saturated rings. The number of urea groups is 1. The summed E-state index contributed by atoms with van der Waals surface area (Å²) in [6.45, 7) is 4.72.